The predicted octanol–water partition coefficient (Wildman–Crippen LogP) is 2.30. The van der Waals surface area contributed by atoms with Crippen LogP contribution in [0.2, 0.25) is 0 Å². The fourth-order valence-electron chi connectivity index (χ4n) is 2.85. The van der Waals surface area contributed by atoms with Crippen molar-refractivity contribution >= 4 is 11.6 Å². The van der Waals surface area contributed by atoms with E-state index in [1.54, 1.807) is 46.3 Å². The van der Waals surface area contributed by atoms with Gasteiger partial charge in [0.1, 0.15) is 11.5 Å². The van der Waals surface area contributed by atoms with Crippen LogP contribution in [0.3, 0.4) is 0 Å². The lowest BCUT2D eigenvalue weighted by atomic mass is 9.94. The summed E-state index contributed by atoms with van der Waals surface area (Å²) in [6.45, 7) is 6.38. The third-order valence-corrected chi connectivity index (χ3v) is 3.95. The third kappa shape index (κ3) is 6.14. The molecule has 0 aliphatic heterocycles. The minimum Gasteiger partial charge on any atom is -0.497 e. The van der Waals surface area contributed by atoms with Gasteiger partial charge in [0.25, 0.3) is 0 Å². The molecule has 1 aromatic carbocycles. The molecule has 0 saturated carbocycles. The largest absolute Gasteiger partial charge is 0.497 e. The van der Waals surface area contributed by atoms with Crippen LogP contribution in [0.1, 0.15) is 57.1 Å². The Kier molecular flexibility index (Phi) is 10.3. The summed E-state index contributed by atoms with van der Waals surface area (Å²) in [7, 11) is 4.12. The van der Waals surface area contributed by atoms with E-state index in [0.717, 1.165) is 7.11 Å². The van der Waals surface area contributed by atoms with Crippen molar-refractivity contribution < 1.29 is 29.6 Å². The number of carbonyl (C=O) groups is 2. The lowest BCUT2D eigenvalue weighted by molar-refractivity contribution is 0.101. The molecule has 0 radical (unpaired) electrons. The molecule has 156 valence electrons. The van der Waals surface area contributed by atoms with E-state index in [4.69, 9.17) is 14.6 Å². The highest BCUT2D eigenvalue weighted by molar-refractivity contribution is 6.04. The summed E-state index contributed by atoms with van der Waals surface area (Å²) in [4.78, 5) is 28.6. The highest BCUT2D eigenvalue weighted by atomic mass is 16.5. The second-order valence-electron chi connectivity index (χ2n) is 5.87. The number of hydrogen-bond acceptors (Lipinski definition) is 6. The molecular weight excluding hydrogens is 374 g/mol. The molecule has 0 aliphatic rings. The molecule has 2 aromatic rings. The van der Waals surface area contributed by atoms with Crippen LogP contribution >= 0.6 is 0 Å². The average Bonchev–Trinajstić information content (AvgIpc) is 2.66. The minimum atomic E-state index is -0.176. The van der Waals surface area contributed by atoms with Crippen LogP contribution in [0.4, 0.5) is 0 Å². The lowest BCUT2D eigenvalue weighted by Crippen LogP contribution is -2.12. The Morgan fingerprint density at radius 2 is 1.28 bits per heavy atom. The summed E-state index contributed by atoms with van der Waals surface area (Å²) in [5.74, 6) is 6.88. The summed E-state index contributed by atoms with van der Waals surface area (Å²) < 4.78 is 10.5. The number of nitrogens with zero attached hydrogens (tertiary/aromatic N) is 1. The smallest absolute Gasteiger partial charge is 0.162 e. The van der Waals surface area contributed by atoms with Gasteiger partial charge in [-0.25, -0.2) is 0 Å². The number of ketones is 2. The first-order valence-electron chi connectivity index (χ1n) is 8.51. The van der Waals surface area contributed by atoms with Crippen molar-refractivity contribution in [2.24, 2.45) is 0 Å². The van der Waals surface area contributed by atoms with Crippen LogP contribution in [-0.2, 0) is 0 Å². The van der Waals surface area contributed by atoms with E-state index < -0.39 is 0 Å². The summed E-state index contributed by atoms with van der Waals surface area (Å²) in [5, 5.41) is 7.00. The molecule has 0 fully saturated rings. The number of hydrogen-bond donors (Lipinski definition) is 1. The Labute approximate surface area is 171 Å². The van der Waals surface area contributed by atoms with Crippen LogP contribution in [0.5, 0.6) is 11.5 Å². The Morgan fingerprint density at radius 3 is 1.62 bits per heavy atom. The number of pyridine rings is 1. The molecule has 0 aliphatic carbocycles. The van der Waals surface area contributed by atoms with E-state index in [1.165, 1.54) is 13.8 Å². The zero-order chi connectivity index (χ0) is 21.4. The maximum Gasteiger partial charge on any atom is 0.162 e. The van der Waals surface area contributed by atoms with E-state index in [-0.39, 0.29) is 17.0 Å². The van der Waals surface area contributed by atoms with Crippen LogP contribution in [0.25, 0.3) is 0 Å². The van der Waals surface area contributed by atoms with Gasteiger partial charge in [-0.1, -0.05) is 11.8 Å². The molecule has 3 N–H and O–H groups in total. The van der Waals surface area contributed by atoms with Gasteiger partial charge < -0.3 is 20.1 Å². The Morgan fingerprint density at radius 1 is 0.862 bits per heavy atom. The first-order valence-corrected chi connectivity index (χ1v) is 8.51. The first kappa shape index (κ1) is 25.8. The number of aliphatic hydroxyl groups excluding tert-OH is 1. The maximum atomic E-state index is 12.1. The molecule has 0 spiro atoms. The number of aliphatic hydroxyl groups is 1. The summed E-state index contributed by atoms with van der Waals surface area (Å²) in [6, 6.07) is 5.27. The minimum absolute atomic E-state index is 0. The normalized spacial score (nSPS) is 9.10. The number of ether oxygens (including phenoxy) is 2. The van der Waals surface area contributed by atoms with E-state index in [1.807, 2.05) is 0 Å². The summed E-state index contributed by atoms with van der Waals surface area (Å²) in [5.41, 5.74) is 2.94. The molecule has 0 bridgehead atoms. The van der Waals surface area contributed by atoms with Gasteiger partial charge in [-0.2, -0.15) is 0 Å². The van der Waals surface area contributed by atoms with Gasteiger partial charge in [0, 0.05) is 30.1 Å². The van der Waals surface area contributed by atoms with Crippen molar-refractivity contribution in [1.82, 2.24) is 4.98 Å². The first-order chi connectivity index (χ1) is 13.3. The Bertz CT molecular complexity index is 893. The van der Waals surface area contributed by atoms with E-state index in [0.29, 0.717) is 45.1 Å². The molecule has 29 heavy (non-hydrogen) atoms. The van der Waals surface area contributed by atoms with Crippen LogP contribution < -0.4 is 9.47 Å². The van der Waals surface area contributed by atoms with Crippen molar-refractivity contribution in [2.75, 3.05) is 21.3 Å². The quantitative estimate of drug-likeness (QED) is 0.620. The average molecular weight is 401 g/mol. The number of rotatable bonds is 4. The molecule has 0 saturated heterocycles. The van der Waals surface area contributed by atoms with Gasteiger partial charge in [-0.05, 0) is 39.8 Å². The molecule has 7 nitrogen and oxygen atoms in total. The monoisotopic (exact) mass is 401 g/mol. The Hall–Kier alpha value is -3.21. The summed E-state index contributed by atoms with van der Waals surface area (Å²) >= 11 is 0. The number of methoxy groups -OCH3 is 2. The number of benzene rings is 1. The van der Waals surface area contributed by atoms with Gasteiger partial charge in [0.15, 0.2) is 11.6 Å². The summed E-state index contributed by atoms with van der Waals surface area (Å²) in [6.07, 6.45) is 0. The highest BCUT2D eigenvalue weighted by Crippen LogP contribution is 2.24. The Balaban J connectivity index is 0.00000253. The van der Waals surface area contributed by atoms with E-state index in [2.05, 4.69) is 16.8 Å². The maximum absolute atomic E-state index is 12.1. The second-order valence-corrected chi connectivity index (χ2v) is 5.87. The molecule has 2 rings (SSSR count). The van der Waals surface area contributed by atoms with Crippen molar-refractivity contribution in [3.63, 3.8) is 0 Å². The van der Waals surface area contributed by atoms with Crippen molar-refractivity contribution in [3.8, 4) is 23.3 Å². The molecule has 0 atom stereocenters. The molecule has 0 unspecified atom stereocenters. The van der Waals surface area contributed by atoms with Crippen LogP contribution in [0, 0.1) is 25.7 Å². The van der Waals surface area contributed by atoms with Gasteiger partial charge in [0.2, 0.25) is 0 Å². The van der Waals surface area contributed by atoms with E-state index in [9.17, 15) is 9.59 Å². The molecule has 1 heterocycles. The van der Waals surface area contributed by atoms with Gasteiger partial charge in [-0.15, -0.1) is 0 Å². The molecule has 1 aromatic heterocycles. The third-order valence-electron chi connectivity index (χ3n) is 3.95. The number of Topliss-reactive ketones (excluding diaryl/α,β-unsaturated/α-hetero) is 2. The standard InChI is InChI=1S/C21H21NO4.CH4O.H2O/c1-12-20(14(3)23)19(21(15(4)24)13(2)22-12)8-7-16-9-17(25-5)11-18(10-16)26-6;1-2;/h9-11H,1-6H3;2H,1H3;1H2. The highest BCUT2D eigenvalue weighted by Gasteiger charge is 2.20. The molecular formula is C22H27NO6. The number of aryl methyl sites for hydroxylation is 2. The topological polar surface area (TPSA) is 117 Å². The van der Waals surface area contributed by atoms with Crippen LogP contribution in [0.15, 0.2) is 18.2 Å². The van der Waals surface area contributed by atoms with Gasteiger partial charge in [-0.3, -0.25) is 14.6 Å². The second kappa shape index (κ2) is 11.6. The molecule has 7 heteroatoms. The van der Waals surface area contributed by atoms with E-state index >= 15 is 0 Å². The van der Waals surface area contributed by atoms with Crippen molar-refractivity contribution in [2.45, 2.75) is 27.7 Å². The molecule has 0 amide bonds. The zero-order valence-electron chi connectivity index (χ0n) is 17.8. The lowest BCUT2D eigenvalue weighted by Gasteiger charge is -2.12. The SMILES string of the molecule is CO.COc1cc(C#Cc2c(C(C)=O)c(C)nc(C)c2C(C)=O)cc(OC)c1.O. The predicted molar refractivity (Wildman–Crippen MR) is 111 cm³/mol. The number of carbonyl (C=O) groups excluding carboxylic acids is 2. The van der Waals surface area contributed by atoms with Gasteiger partial charge in [0.05, 0.1) is 30.9 Å². The van der Waals surface area contributed by atoms with Crippen LogP contribution in [-0.4, -0.2) is 48.5 Å². The van der Waals surface area contributed by atoms with Gasteiger partial charge >= 0.3 is 0 Å². The fraction of sp³-hybridized carbons (Fsp3) is 0.318. The number of aromatic nitrogens is 1. The zero-order valence-corrected chi connectivity index (χ0v) is 17.8. The van der Waals surface area contributed by atoms with Crippen molar-refractivity contribution in [1.29, 1.82) is 0 Å². The van der Waals surface area contributed by atoms with Crippen molar-refractivity contribution in [3.05, 3.63) is 51.8 Å². The fourth-order valence-corrected chi connectivity index (χ4v) is 2.85.